The zero-order valence-corrected chi connectivity index (χ0v) is 15.1. The molecule has 0 spiro atoms. The summed E-state index contributed by atoms with van der Waals surface area (Å²) in [5.74, 6) is -1.32. The van der Waals surface area contributed by atoms with Crippen LogP contribution in [0.25, 0.3) is 0 Å². The number of ketones is 1. The fourth-order valence-electron chi connectivity index (χ4n) is 3.45. The molecular formula is C18H22N2O5. The average Bonchev–Trinajstić information content (AvgIpc) is 2.81. The van der Waals surface area contributed by atoms with Crippen molar-refractivity contribution < 1.29 is 23.5 Å². The first-order valence-corrected chi connectivity index (χ1v) is 8.17. The minimum absolute atomic E-state index is 0.0223. The fraction of sp³-hybridized carbons (Fsp3) is 0.556. The Morgan fingerprint density at radius 2 is 2.00 bits per heavy atom. The van der Waals surface area contributed by atoms with Crippen LogP contribution in [0.5, 0.6) is 0 Å². The Balaban J connectivity index is 2.23. The average molecular weight is 346 g/mol. The van der Waals surface area contributed by atoms with E-state index in [1.54, 1.807) is 6.92 Å². The Labute approximate surface area is 146 Å². The quantitative estimate of drug-likeness (QED) is 0.821. The summed E-state index contributed by atoms with van der Waals surface area (Å²) in [6.07, 6.45) is 0.459. The summed E-state index contributed by atoms with van der Waals surface area (Å²) in [7, 11) is 0. The molecule has 1 N–H and O–H groups in total. The number of nitriles is 1. The highest BCUT2D eigenvalue weighted by Gasteiger charge is 2.53. The third kappa shape index (κ3) is 3.16. The van der Waals surface area contributed by atoms with Gasteiger partial charge in [0.05, 0.1) is 6.61 Å². The van der Waals surface area contributed by atoms with Crippen molar-refractivity contribution >= 4 is 23.5 Å². The highest BCUT2D eigenvalue weighted by molar-refractivity contribution is 5.99. The smallest absolute Gasteiger partial charge is 0.343 e. The molecule has 134 valence electrons. The lowest BCUT2D eigenvalue weighted by Gasteiger charge is -2.49. The number of rotatable bonds is 5. The van der Waals surface area contributed by atoms with Crippen molar-refractivity contribution in [2.45, 2.75) is 41.0 Å². The van der Waals surface area contributed by atoms with Crippen molar-refractivity contribution in [2.24, 2.45) is 17.3 Å². The van der Waals surface area contributed by atoms with Crippen molar-refractivity contribution in [3.8, 4) is 6.07 Å². The van der Waals surface area contributed by atoms with Crippen molar-refractivity contribution in [3.63, 3.8) is 0 Å². The SMILES string of the molecule is CCOC(=O)c1c(C)oc(NC(=O)C2CC(C(C)=O)C2(C)C)c1C#N. The van der Waals surface area contributed by atoms with Gasteiger partial charge in [0.2, 0.25) is 11.8 Å². The summed E-state index contributed by atoms with van der Waals surface area (Å²) in [6, 6.07) is 1.89. The summed E-state index contributed by atoms with van der Waals surface area (Å²) in [6.45, 7) is 8.62. The number of Topliss-reactive ketones (excluding diaryl/α,β-unsaturated/α-hetero) is 1. The lowest BCUT2D eigenvalue weighted by molar-refractivity contribution is -0.145. The monoisotopic (exact) mass is 346 g/mol. The van der Waals surface area contributed by atoms with Gasteiger partial charge in [-0.3, -0.25) is 14.9 Å². The molecule has 1 aliphatic rings. The van der Waals surface area contributed by atoms with Gasteiger partial charge in [-0.1, -0.05) is 13.8 Å². The van der Waals surface area contributed by atoms with E-state index >= 15 is 0 Å². The topological polar surface area (TPSA) is 109 Å². The number of hydrogen-bond acceptors (Lipinski definition) is 6. The Morgan fingerprint density at radius 1 is 1.36 bits per heavy atom. The van der Waals surface area contributed by atoms with E-state index in [2.05, 4.69) is 5.32 Å². The van der Waals surface area contributed by atoms with Gasteiger partial charge in [0.15, 0.2) is 0 Å². The molecule has 1 fully saturated rings. The number of furan rings is 1. The molecule has 0 bridgehead atoms. The van der Waals surface area contributed by atoms with Crippen molar-refractivity contribution in [1.29, 1.82) is 5.26 Å². The van der Waals surface area contributed by atoms with Crippen LogP contribution in [0.1, 0.15) is 55.8 Å². The van der Waals surface area contributed by atoms with Crippen molar-refractivity contribution in [2.75, 3.05) is 11.9 Å². The molecule has 0 saturated heterocycles. The lowest BCUT2D eigenvalue weighted by atomic mass is 9.53. The second kappa shape index (κ2) is 6.71. The van der Waals surface area contributed by atoms with E-state index in [1.165, 1.54) is 13.8 Å². The minimum atomic E-state index is -0.665. The Kier molecular flexibility index (Phi) is 5.02. The maximum absolute atomic E-state index is 12.6. The number of carbonyl (C=O) groups is 3. The molecule has 7 nitrogen and oxygen atoms in total. The summed E-state index contributed by atoms with van der Waals surface area (Å²) in [5, 5.41) is 11.9. The van der Waals surface area contributed by atoms with Gasteiger partial charge in [-0.25, -0.2) is 4.79 Å². The molecule has 1 saturated carbocycles. The Hall–Kier alpha value is -2.62. The zero-order valence-electron chi connectivity index (χ0n) is 15.1. The van der Waals surface area contributed by atoms with Crippen LogP contribution < -0.4 is 5.32 Å². The summed E-state index contributed by atoms with van der Waals surface area (Å²) in [5.41, 5.74) is -0.493. The Bertz CT molecular complexity index is 769. The van der Waals surface area contributed by atoms with E-state index < -0.39 is 11.4 Å². The van der Waals surface area contributed by atoms with Gasteiger partial charge in [-0.05, 0) is 32.6 Å². The van der Waals surface area contributed by atoms with Gasteiger partial charge in [0.25, 0.3) is 0 Å². The molecule has 0 aliphatic heterocycles. The molecule has 0 radical (unpaired) electrons. The third-order valence-corrected chi connectivity index (χ3v) is 4.99. The van der Waals surface area contributed by atoms with Gasteiger partial charge >= 0.3 is 5.97 Å². The van der Waals surface area contributed by atoms with Crippen LogP contribution in [0.2, 0.25) is 0 Å². The van der Waals surface area contributed by atoms with Crippen LogP contribution in [0.15, 0.2) is 4.42 Å². The van der Waals surface area contributed by atoms with Gasteiger partial charge < -0.3 is 9.15 Å². The maximum Gasteiger partial charge on any atom is 0.343 e. The highest BCUT2D eigenvalue weighted by atomic mass is 16.5. The number of carbonyl (C=O) groups excluding carboxylic acids is 3. The van der Waals surface area contributed by atoms with Gasteiger partial charge in [0, 0.05) is 11.8 Å². The number of hydrogen-bond donors (Lipinski definition) is 1. The van der Waals surface area contributed by atoms with Crippen molar-refractivity contribution in [3.05, 3.63) is 16.9 Å². The summed E-state index contributed by atoms with van der Waals surface area (Å²) >= 11 is 0. The van der Waals surface area contributed by atoms with Crippen LogP contribution in [-0.2, 0) is 14.3 Å². The van der Waals surface area contributed by atoms with Crippen LogP contribution in [0.4, 0.5) is 5.88 Å². The molecular weight excluding hydrogens is 324 g/mol. The Morgan fingerprint density at radius 3 is 2.48 bits per heavy atom. The van der Waals surface area contributed by atoms with Crippen LogP contribution in [0.3, 0.4) is 0 Å². The van der Waals surface area contributed by atoms with E-state index in [1.807, 2.05) is 19.9 Å². The van der Waals surface area contributed by atoms with Crippen LogP contribution in [0, 0.1) is 35.5 Å². The molecule has 1 amide bonds. The first kappa shape index (κ1) is 18.7. The molecule has 1 heterocycles. The number of aryl methyl sites for hydroxylation is 1. The van der Waals surface area contributed by atoms with Gasteiger partial charge in [-0.2, -0.15) is 5.26 Å². The molecule has 1 aromatic rings. The van der Waals surface area contributed by atoms with E-state index in [-0.39, 0.29) is 52.9 Å². The highest BCUT2D eigenvalue weighted by Crippen LogP contribution is 2.52. The maximum atomic E-state index is 12.6. The molecule has 25 heavy (non-hydrogen) atoms. The van der Waals surface area contributed by atoms with Crippen LogP contribution >= 0.6 is 0 Å². The standard InChI is InChI=1S/C18H22N2O5/c1-6-24-17(23)14-10(3)25-16(11(14)8-19)20-15(22)13-7-12(9(2)21)18(13,4)5/h12-13H,6-7H2,1-5H3,(H,20,22). The predicted octanol–water partition coefficient (Wildman–Crippen LogP) is 2.83. The lowest BCUT2D eigenvalue weighted by Crippen LogP contribution is -2.53. The van der Waals surface area contributed by atoms with Crippen LogP contribution in [-0.4, -0.2) is 24.3 Å². The molecule has 2 unspecified atom stereocenters. The van der Waals surface area contributed by atoms with Gasteiger partial charge in [-0.15, -0.1) is 0 Å². The summed E-state index contributed by atoms with van der Waals surface area (Å²) in [4.78, 5) is 36.1. The molecule has 2 atom stereocenters. The number of amides is 1. The second-order valence-electron chi connectivity index (χ2n) is 6.83. The van der Waals surface area contributed by atoms with Crippen molar-refractivity contribution in [1.82, 2.24) is 0 Å². The second-order valence-corrected chi connectivity index (χ2v) is 6.83. The zero-order chi connectivity index (χ0) is 18.9. The molecule has 1 aliphatic carbocycles. The first-order chi connectivity index (χ1) is 11.6. The number of nitrogens with one attached hydrogen (secondary N) is 1. The normalized spacial score (nSPS) is 21.0. The first-order valence-electron chi connectivity index (χ1n) is 8.17. The largest absolute Gasteiger partial charge is 0.462 e. The van der Waals surface area contributed by atoms with E-state index in [0.29, 0.717) is 6.42 Å². The fourth-order valence-corrected chi connectivity index (χ4v) is 3.45. The minimum Gasteiger partial charge on any atom is -0.462 e. The van der Waals surface area contributed by atoms with E-state index in [0.717, 1.165) is 0 Å². The molecule has 1 aromatic heterocycles. The molecule has 2 rings (SSSR count). The number of nitrogens with zero attached hydrogens (tertiary/aromatic N) is 1. The molecule has 7 heteroatoms. The number of ether oxygens (including phenoxy) is 1. The van der Waals surface area contributed by atoms with Gasteiger partial charge in [0.1, 0.15) is 28.7 Å². The van der Waals surface area contributed by atoms with E-state index in [4.69, 9.17) is 9.15 Å². The number of esters is 1. The molecule has 0 aromatic carbocycles. The number of anilines is 1. The van der Waals surface area contributed by atoms with E-state index in [9.17, 15) is 19.6 Å². The third-order valence-electron chi connectivity index (χ3n) is 4.99. The predicted molar refractivity (Wildman–Crippen MR) is 88.8 cm³/mol. The summed E-state index contributed by atoms with van der Waals surface area (Å²) < 4.78 is 10.3.